The predicted molar refractivity (Wildman–Crippen MR) is 113 cm³/mol. The number of rotatable bonds is 3. The van der Waals surface area contributed by atoms with Gasteiger partial charge in [0.25, 0.3) is 0 Å². The van der Waals surface area contributed by atoms with E-state index < -0.39 is 0 Å². The minimum absolute atomic E-state index is 0.143. The molecule has 2 aromatic carbocycles. The lowest BCUT2D eigenvalue weighted by atomic mass is 9.78. The van der Waals surface area contributed by atoms with Crippen LogP contribution in [0, 0.1) is 13.8 Å². The SMILES string of the molecule is Cc1ccc(N/N=C/c2cc(C(C)(C)C)c(O)c(C(C)(C)C)c2)cc1C. The van der Waals surface area contributed by atoms with Crippen LogP contribution in [0.5, 0.6) is 5.75 Å². The Labute approximate surface area is 158 Å². The molecule has 0 radical (unpaired) electrons. The first-order valence-corrected chi connectivity index (χ1v) is 9.14. The number of nitrogens with one attached hydrogen (secondary N) is 1. The molecule has 2 N–H and O–H groups in total. The highest BCUT2D eigenvalue weighted by molar-refractivity contribution is 5.82. The van der Waals surface area contributed by atoms with Crippen LogP contribution >= 0.6 is 0 Å². The van der Waals surface area contributed by atoms with E-state index in [1.165, 1.54) is 11.1 Å². The molecule has 0 heterocycles. The van der Waals surface area contributed by atoms with Crippen LogP contribution in [0.15, 0.2) is 35.4 Å². The van der Waals surface area contributed by atoms with Crippen LogP contribution in [-0.4, -0.2) is 11.3 Å². The summed E-state index contributed by atoms with van der Waals surface area (Å²) >= 11 is 0. The molecule has 2 aromatic rings. The van der Waals surface area contributed by atoms with Gasteiger partial charge in [-0.3, -0.25) is 5.43 Å². The van der Waals surface area contributed by atoms with Crippen LogP contribution in [0.25, 0.3) is 0 Å². The fourth-order valence-corrected chi connectivity index (χ4v) is 2.87. The number of phenolic OH excluding ortho intramolecular Hbond substituents is 1. The third-order valence-corrected chi connectivity index (χ3v) is 4.66. The first-order chi connectivity index (χ1) is 11.9. The largest absolute Gasteiger partial charge is 0.507 e. The third kappa shape index (κ3) is 4.66. The number of aryl methyl sites for hydroxylation is 2. The monoisotopic (exact) mass is 352 g/mol. The normalized spacial score (nSPS) is 12.6. The summed E-state index contributed by atoms with van der Waals surface area (Å²) in [4.78, 5) is 0. The Morgan fingerprint density at radius 1 is 0.846 bits per heavy atom. The Kier molecular flexibility index (Phi) is 5.50. The maximum Gasteiger partial charge on any atom is 0.123 e. The second-order valence-corrected chi connectivity index (χ2v) is 9.13. The van der Waals surface area contributed by atoms with Gasteiger partial charge in [-0.1, -0.05) is 47.6 Å². The molecule has 140 valence electrons. The van der Waals surface area contributed by atoms with E-state index in [0.29, 0.717) is 5.75 Å². The van der Waals surface area contributed by atoms with Gasteiger partial charge in [-0.25, -0.2) is 0 Å². The fourth-order valence-electron chi connectivity index (χ4n) is 2.87. The van der Waals surface area contributed by atoms with E-state index in [9.17, 15) is 5.11 Å². The summed E-state index contributed by atoms with van der Waals surface area (Å²) in [5, 5.41) is 15.2. The Hall–Kier alpha value is -2.29. The third-order valence-electron chi connectivity index (χ3n) is 4.66. The molecular formula is C23H32N2O. The highest BCUT2D eigenvalue weighted by Gasteiger charge is 2.26. The van der Waals surface area contributed by atoms with Gasteiger partial charge in [0.05, 0.1) is 11.9 Å². The van der Waals surface area contributed by atoms with Crippen LogP contribution in [0.2, 0.25) is 0 Å². The van der Waals surface area contributed by atoms with Crippen molar-refractivity contribution < 1.29 is 5.11 Å². The van der Waals surface area contributed by atoms with Crippen molar-refractivity contribution in [1.29, 1.82) is 0 Å². The van der Waals surface area contributed by atoms with Gasteiger partial charge in [0.1, 0.15) is 5.75 Å². The van der Waals surface area contributed by atoms with E-state index in [2.05, 4.69) is 78.0 Å². The topological polar surface area (TPSA) is 44.6 Å². The maximum atomic E-state index is 10.8. The van der Waals surface area contributed by atoms with Crippen molar-refractivity contribution in [2.45, 2.75) is 66.2 Å². The van der Waals surface area contributed by atoms with E-state index >= 15 is 0 Å². The van der Waals surface area contributed by atoms with Gasteiger partial charge in [-0.2, -0.15) is 5.10 Å². The van der Waals surface area contributed by atoms with Gasteiger partial charge in [0.15, 0.2) is 0 Å². The second-order valence-electron chi connectivity index (χ2n) is 9.13. The van der Waals surface area contributed by atoms with E-state index in [1.54, 1.807) is 0 Å². The molecular weight excluding hydrogens is 320 g/mol. The van der Waals surface area contributed by atoms with Crippen LogP contribution in [0.3, 0.4) is 0 Å². The Morgan fingerprint density at radius 3 is 1.85 bits per heavy atom. The number of hydrogen-bond donors (Lipinski definition) is 2. The molecule has 0 aliphatic carbocycles. The minimum Gasteiger partial charge on any atom is -0.507 e. The molecule has 26 heavy (non-hydrogen) atoms. The number of aromatic hydroxyl groups is 1. The first-order valence-electron chi connectivity index (χ1n) is 9.14. The molecule has 0 spiro atoms. The number of hydrazone groups is 1. The van der Waals surface area contributed by atoms with Crippen LogP contribution < -0.4 is 5.43 Å². The lowest BCUT2D eigenvalue weighted by Crippen LogP contribution is -2.17. The van der Waals surface area contributed by atoms with E-state index in [-0.39, 0.29) is 10.8 Å². The smallest absolute Gasteiger partial charge is 0.123 e. The minimum atomic E-state index is -0.143. The molecule has 0 bridgehead atoms. The summed E-state index contributed by atoms with van der Waals surface area (Å²) in [5.74, 6) is 0.393. The molecule has 2 rings (SSSR count). The van der Waals surface area contributed by atoms with Crippen LogP contribution in [-0.2, 0) is 10.8 Å². The Balaban J connectivity index is 2.37. The summed E-state index contributed by atoms with van der Waals surface area (Å²) < 4.78 is 0. The highest BCUT2D eigenvalue weighted by Crippen LogP contribution is 2.39. The standard InChI is InChI=1S/C23H32N2O/c1-15-9-10-18(11-16(15)2)25-24-14-17-12-19(22(3,4)5)21(26)20(13-17)23(6,7)8/h9-14,25-26H,1-8H3/b24-14+. The Bertz CT molecular complexity index is 786. The number of hydrogen-bond acceptors (Lipinski definition) is 3. The van der Waals surface area contributed by atoms with Crippen molar-refractivity contribution in [1.82, 2.24) is 0 Å². The number of benzene rings is 2. The van der Waals surface area contributed by atoms with Crippen molar-refractivity contribution in [2.75, 3.05) is 5.43 Å². The quantitative estimate of drug-likeness (QED) is 0.521. The molecule has 0 saturated carbocycles. The summed E-state index contributed by atoms with van der Waals surface area (Å²) in [6.45, 7) is 16.9. The van der Waals surface area contributed by atoms with Gasteiger partial charge >= 0.3 is 0 Å². The lowest BCUT2D eigenvalue weighted by Gasteiger charge is -2.27. The predicted octanol–water partition coefficient (Wildman–Crippen LogP) is 6.05. The molecule has 0 amide bonds. The zero-order chi connectivity index (χ0) is 19.7. The summed E-state index contributed by atoms with van der Waals surface area (Å²) in [6, 6.07) is 10.2. The molecule has 0 aliphatic heterocycles. The molecule has 3 heteroatoms. The molecule has 0 saturated heterocycles. The van der Waals surface area contributed by atoms with Crippen LogP contribution in [0.4, 0.5) is 5.69 Å². The lowest BCUT2D eigenvalue weighted by molar-refractivity contribution is 0.423. The van der Waals surface area contributed by atoms with Crippen LogP contribution in [0.1, 0.15) is 69.4 Å². The Morgan fingerprint density at radius 2 is 1.38 bits per heavy atom. The summed E-state index contributed by atoms with van der Waals surface area (Å²) in [5.41, 5.74) is 9.15. The van der Waals surface area contributed by atoms with Crippen molar-refractivity contribution >= 4 is 11.9 Å². The molecule has 0 aliphatic rings. The van der Waals surface area contributed by atoms with Gasteiger partial charge < -0.3 is 5.11 Å². The molecule has 0 unspecified atom stereocenters. The molecule has 0 aromatic heterocycles. The van der Waals surface area contributed by atoms with Crippen molar-refractivity contribution in [3.63, 3.8) is 0 Å². The number of nitrogens with zero attached hydrogens (tertiary/aromatic N) is 1. The summed E-state index contributed by atoms with van der Waals surface area (Å²) in [7, 11) is 0. The average Bonchev–Trinajstić information content (AvgIpc) is 2.50. The van der Waals surface area contributed by atoms with Gasteiger partial charge in [-0.15, -0.1) is 0 Å². The van der Waals surface area contributed by atoms with Crippen molar-refractivity contribution in [3.05, 3.63) is 58.1 Å². The van der Waals surface area contributed by atoms with E-state index in [1.807, 2.05) is 24.4 Å². The average molecular weight is 353 g/mol. The van der Waals surface area contributed by atoms with Crippen molar-refractivity contribution in [3.8, 4) is 5.75 Å². The maximum absolute atomic E-state index is 10.8. The fraction of sp³-hybridized carbons (Fsp3) is 0.435. The second kappa shape index (κ2) is 7.14. The highest BCUT2D eigenvalue weighted by atomic mass is 16.3. The van der Waals surface area contributed by atoms with E-state index in [4.69, 9.17) is 0 Å². The first kappa shape index (κ1) is 20.0. The van der Waals surface area contributed by atoms with Gasteiger partial charge in [0.2, 0.25) is 0 Å². The van der Waals surface area contributed by atoms with E-state index in [0.717, 1.165) is 22.4 Å². The molecule has 0 atom stereocenters. The summed E-state index contributed by atoms with van der Waals surface area (Å²) in [6.07, 6.45) is 1.82. The molecule has 3 nitrogen and oxygen atoms in total. The van der Waals surface area contributed by atoms with Gasteiger partial charge in [0, 0.05) is 11.1 Å². The van der Waals surface area contributed by atoms with Gasteiger partial charge in [-0.05, 0) is 65.6 Å². The molecule has 0 fully saturated rings. The number of phenols is 1. The zero-order valence-electron chi connectivity index (χ0n) is 17.4. The number of anilines is 1. The van der Waals surface area contributed by atoms with Crippen molar-refractivity contribution in [2.24, 2.45) is 5.10 Å². The zero-order valence-corrected chi connectivity index (χ0v) is 17.4.